The average molecular weight is 437 g/mol. The first kappa shape index (κ1) is 26.0. The Morgan fingerprint density at radius 3 is 2.17 bits per heavy atom. The predicted octanol–water partition coefficient (Wildman–Crippen LogP) is -1.53. The zero-order chi connectivity index (χ0) is 22.4. The van der Waals surface area contributed by atoms with E-state index < -0.39 is 60.1 Å². The van der Waals surface area contributed by atoms with Gasteiger partial charge in [-0.05, 0) is 6.42 Å². The van der Waals surface area contributed by atoms with E-state index >= 15 is 0 Å². The van der Waals surface area contributed by atoms with Crippen molar-refractivity contribution in [2.45, 2.75) is 30.6 Å². The molecule has 2 atom stereocenters. The van der Waals surface area contributed by atoms with Gasteiger partial charge in [-0.2, -0.15) is 0 Å². The standard InChI is InChI=1S/C15H23N3O10S/c1-28-12(23)5-9(14(25)26)29-7-8(13(24)17-6-11(21)22)18-15(27)16-4-2-3-10(19)20/h8-9H,2-7H2,1H3,(H,17,24)(H,19,20)(H,21,22)(H,25,26)(H2,16,18,27)/t8-,9+/m0/s1. The van der Waals surface area contributed by atoms with Crippen LogP contribution in [0.2, 0.25) is 0 Å². The Balaban J connectivity index is 4.89. The lowest BCUT2D eigenvalue weighted by Gasteiger charge is -2.20. The molecule has 0 aliphatic rings. The summed E-state index contributed by atoms with van der Waals surface area (Å²) in [4.78, 5) is 67.5. The fourth-order valence-corrected chi connectivity index (χ4v) is 2.84. The number of carboxylic acid groups (broad SMARTS) is 3. The number of carbonyl (C=O) groups excluding carboxylic acids is 3. The molecule has 0 heterocycles. The fourth-order valence-electron chi connectivity index (χ4n) is 1.78. The summed E-state index contributed by atoms with van der Waals surface area (Å²) in [6.07, 6.45) is -0.499. The molecule has 6 N–H and O–H groups in total. The maximum absolute atomic E-state index is 12.1. The molecule has 0 rings (SSSR count). The molecule has 0 saturated carbocycles. The number of methoxy groups -OCH3 is 1. The quantitative estimate of drug-likeness (QED) is 0.136. The number of nitrogens with one attached hydrogen (secondary N) is 3. The molecule has 0 spiro atoms. The third-order valence-electron chi connectivity index (χ3n) is 3.21. The molecular weight excluding hydrogens is 414 g/mol. The van der Waals surface area contributed by atoms with Crippen molar-refractivity contribution in [3.8, 4) is 0 Å². The highest BCUT2D eigenvalue weighted by Crippen LogP contribution is 2.17. The Bertz CT molecular complexity index is 627. The second-order valence-electron chi connectivity index (χ2n) is 5.50. The van der Waals surface area contributed by atoms with Crippen molar-refractivity contribution in [3.05, 3.63) is 0 Å². The van der Waals surface area contributed by atoms with Crippen LogP contribution in [0.5, 0.6) is 0 Å². The maximum Gasteiger partial charge on any atom is 0.322 e. The first-order valence-electron chi connectivity index (χ1n) is 8.23. The van der Waals surface area contributed by atoms with Gasteiger partial charge >= 0.3 is 29.9 Å². The van der Waals surface area contributed by atoms with Crippen LogP contribution in [0.3, 0.4) is 0 Å². The first-order chi connectivity index (χ1) is 13.6. The van der Waals surface area contributed by atoms with Crippen molar-refractivity contribution in [2.75, 3.05) is 26.0 Å². The Kier molecular flexibility index (Phi) is 12.6. The summed E-state index contributed by atoms with van der Waals surface area (Å²) < 4.78 is 4.40. The number of carboxylic acids is 3. The van der Waals surface area contributed by atoms with Gasteiger partial charge in [-0.1, -0.05) is 0 Å². The lowest BCUT2D eigenvalue weighted by atomic mass is 10.3. The molecule has 0 bridgehead atoms. The molecule has 14 heteroatoms. The van der Waals surface area contributed by atoms with E-state index in [4.69, 9.17) is 15.3 Å². The topological polar surface area (TPSA) is 208 Å². The largest absolute Gasteiger partial charge is 0.481 e. The smallest absolute Gasteiger partial charge is 0.322 e. The number of thioether (sulfide) groups is 1. The molecule has 0 aliphatic carbocycles. The van der Waals surface area contributed by atoms with Crippen molar-refractivity contribution in [1.82, 2.24) is 16.0 Å². The van der Waals surface area contributed by atoms with E-state index in [1.165, 1.54) is 0 Å². The SMILES string of the molecule is COC(=O)C[C@@H](SC[C@H](NC(=O)NCCCC(=O)O)C(=O)NCC(=O)O)C(=O)O. The van der Waals surface area contributed by atoms with Crippen LogP contribution in [-0.2, 0) is 28.7 Å². The van der Waals surface area contributed by atoms with Gasteiger partial charge in [0.2, 0.25) is 5.91 Å². The van der Waals surface area contributed by atoms with E-state index in [2.05, 4.69) is 20.7 Å². The Hall–Kier alpha value is -3.03. The summed E-state index contributed by atoms with van der Waals surface area (Å²) in [5.74, 6) is -5.62. The molecule has 0 unspecified atom stereocenters. The minimum absolute atomic E-state index is 0.00876. The summed E-state index contributed by atoms with van der Waals surface area (Å²) >= 11 is 0.689. The highest BCUT2D eigenvalue weighted by Gasteiger charge is 2.27. The van der Waals surface area contributed by atoms with Crippen molar-refractivity contribution >= 4 is 47.6 Å². The van der Waals surface area contributed by atoms with Gasteiger partial charge in [0, 0.05) is 18.7 Å². The second kappa shape index (κ2) is 14.0. The second-order valence-corrected chi connectivity index (χ2v) is 6.74. The number of rotatable bonds is 14. The summed E-state index contributed by atoms with van der Waals surface area (Å²) in [6.45, 7) is -0.707. The van der Waals surface area contributed by atoms with E-state index in [0.717, 1.165) is 7.11 Å². The normalized spacial score (nSPS) is 12.2. The molecule has 3 amide bonds. The number of urea groups is 1. The molecule has 0 aromatic rings. The molecule has 0 radical (unpaired) electrons. The first-order valence-corrected chi connectivity index (χ1v) is 9.28. The molecule has 0 aromatic heterocycles. The molecule has 0 fully saturated rings. The van der Waals surface area contributed by atoms with E-state index in [-0.39, 0.29) is 25.1 Å². The Morgan fingerprint density at radius 1 is 1.00 bits per heavy atom. The summed E-state index contributed by atoms with van der Waals surface area (Å²) in [5, 5.41) is 31.7. The Labute approximate surface area is 169 Å². The van der Waals surface area contributed by atoms with Crippen molar-refractivity contribution in [2.24, 2.45) is 0 Å². The summed E-state index contributed by atoms with van der Waals surface area (Å²) in [5.41, 5.74) is 0. The monoisotopic (exact) mass is 437 g/mol. The number of hydrogen-bond donors (Lipinski definition) is 6. The van der Waals surface area contributed by atoms with E-state index in [1.54, 1.807) is 0 Å². The highest BCUT2D eigenvalue weighted by molar-refractivity contribution is 8.00. The fraction of sp³-hybridized carbons (Fsp3) is 0.600. The predicted molar refractivity (Wildman–Crippen MR) is 98.4 cm³/mol. The molecule has 164 valence electrons. The summed E-state index contributed by atoms with van der Waals surface area (Å²) in [7, 11) is 1.09. The van der Waals surface area contributed by atoms with E-state index in [0.29, 0.717) is 11.8 Å². The van der Waals surface area contributed by atoms with Crippen LogP contribution in [0.1, 0.15) is 19.3 Å². The van der Waals surface area contributed by atoms with Crippen molar-refractivity contribution in [3.63, 3.8) is 0 Å². The number of amides is 3. The van der Waals surface area contributed by atoms with Crippen LogP contribution in [0.15, 0.2) is 0 Å². The minimum atomic E-state index is -1.33. The third kappa shape index (κ3) is 12.9. The highest BCUT2D eigenvalue weighted by atomic mass is 32.2. The van der Waals surface area contributed by atoms with Crippen LogP contribution in [0.25, 0.3) is 0 Å². The van der Waals surface area contributed by atoms with Gasteiger partial charge in [-0.15, -0.1) is 11.8 Å². The van der Waals surface area contributed by atoms with Gasteiger partial charge in [-0.3, -0.25) is 24.0 Å². The molecule has 29 heavy (non-hydrogen) atoms. The lowest BCUT2D eigenvalue weighted by Crippen LogP contribution is -2.52. The molecule has 0 aliphatic heterocycles. The number of aliphatic carboxylic acids is 3. The third-order valence-corrected chi connectivity index (χ3v) is 4.50. The van der Waals surface area contributed by atoms with Crippen LogP contribution in [0.4, 0.5) is 4.79 Å². The van der Waals surface area contributed by atoms with Crippen molar-refractivity contribution in [1.29, 1.82) is 0 Å². The van der Waals surface area contributed by atoms with Gasteiger partial charge in [-0.25, -0.2) is 4.79 Å². The maximum atomic E-state index is 12.1. The van der Waals surface area contributed by atoms with Gasteiger partial charge in [0.25, 0.3) is 0 Å². The number of esters is 1. The zero-order valence-corrected chi connectivity index (χ0v) is 16.3. The average Bonchev–Trinajstić information content (AvgIpc) is 2.64. The van der Waals surface area contributed by atoms with Crippen LogP contribution >= 0.6 is 11.8 Å². The summed E-state index contributed by atoms with van der Waals surface area (Å²) in [6, 6.07) is -2.13. The number of hydrogen-bond acceptors (Lipinski definition) is 8. The molecular formula is C15H23N3O10S. The lowest BCUT2D eigenvalue weighted by molar-refractivity contribution is -0.145. The molecule has 0 aromatic carbocycles. The van der Waals surface area contributed by atoms with Crippen LogP contribution < -0.4 is 16.0 Å². The van der Waals surface area contributed by atoms with E-state index in [9.17, 15) is 28.8 Å². The molecule has 13 nitrogen and oxygen atoms in total. The van der Waals surface area contributed by atoms with Gasteiger partial charge < -0.3 is 36.0 Å². The zero-order valence-electron chi connectivity index (χ0n) is 15.5. The van der Waals surface area contributed by atoms with Crippen LogP contribution in [0, 0.1) is 0 Å². The number of carbonyl (C=O) groups is 6. The van der Waals surface area contributed by atoms with Gasteiger partial charge in [0.1, 0.15) is 17.8 Å². The van der Waals surface area contributed by atoms with E-state index in [1.807, 2.05) is 0 Å². The van der Waals surface area contributed by atoms with Gasteiger partial charge in [0.05, 0.1) is 13.5 Å². The number of ether oxygens (including phenoxy) is 1. The van der Waals surface area contributed by atoms with Gasteiger partial charge in [0.15, 0.2) is 0 Å². The molecule has 0 saturated heterocycles. The minimum Gasteiger partial charge on any atom is -0.481 e. The van der Waals surface area contributed by atoms with Crippen molar-refractivity contribution < 1.29 is 48.8 Å². The van der Waals surface area contributed by atoms with Crippen LogP contribution in [-0.4, -0.2) is 88.4 Å². The Morgan fingerprint density at radius 2 is 1.66 bits per heavy atom.